The van der Waals surface area contributed by atoms with Crippen molar-refractivity contribution in [1.29, 1.82) is 0 Å². The Balaban J connectivity index is 1.80. The molecule has 0 bridgehead atoms. The van der Waals surface area contributed by atoms with E-state index in [1.165, 1.54) is 0 Å². The lowest BCUT2D eigenvalue weighted by Gasteiger charge is -2.40. The van der Waals surface area contributed by atoms with Gasteiger partial charge in [-0.2, -0.15) is 4.98 Å². The summed E-state index contributed by atoms with van der Waals surface area (Å²) >= 11 is 0. The molecule has 0 saturated carbocycles. The van der Waals surface area contributed by atoms with Crippen molar-refractivity contribution in [3.8, 4) is 0 Å². The first-order valence-corrected chi connectivity index (χ1v) is 14.6. The largest absolute Gasteiger partial charge is 0.407 e. The van der Waals surface area contributed by atoms with Gasteiger partial charge in [0, 0.05) is 6.21 Å². The minimum atomic E-state index is -2.21. The molecule has 1 saturated heterocycles. The van der Waals surface area contributed by atoms with Crippen LogP contribution in [-0.4, -0.2) is 52.3 Å². The van der Waals surface area contributed by atoms with Crippen LogP contribution in [0.15, 0.2) is 46.4 Å². The number of imidazole rings is 1. The highest BCUT2D eigenvalue weighted by molar-refractivity contribution is 6.74. The zero-order valence-corrected chi connectivity index (χ0v) is 21.6. The molecule has 0 aliphatic carbocycles. The second kappa shape index (κ2) is 9.08. The first kappa shape index (κ1) is 24.3. The number of aliphatic imine (C=N–C) groups is 1. The lowest BCUT2D eigenvalue weighted by molar-refractivity contribution is -0.0321. The number of hydrogen-bond acceptors (Lipinski definition) is 7. The van der Waals surface area contributed by atoms with Gasteiger partial charge in [0.25, 0.3) is 5.56 Å². The van der Waals surface area contributed by atoms with Crippen LogP contribution >= 0.6 is 0 Å². The van der Waals surface area contributed by atoms with Crippen LogP contribution in [-0.2, 0) is 9.16 Å². The molecule has 0 spiro atoms. The van der Waals surface area contributed by atoms with Crippen molar-refractivity contribution in [1.82, 2.24) is 19.5 Å². The first-order chi connectivity index (χ1) is 16.0. The van der Waals surface area contributed by atoms with Crippen LogP contribution in [0.5, 0.6) is 0 Å². The van der Waals surface area contributed by atoms with Crippen molar-refractivity contribution >= 4 is 31.6 Å². The second-order valence-electron chi connectivity index (χ2n) is 10.3. The fourth-order valence-electron chi connectivity index (χ4n) is 3.95. The van der Waals surface area contributed by atoms with Gasteiger partial charge in [-0.1, -0.05) is 58.0 Å². The van der Waals surface area contributed by atoms with Crippen molar-refractivity contribution in [2.45, 2.75) is 76.7 Å². The maximum atomic E-state index is 12.4. The van der Waals surface area contributed by atoms with Gasteiger partial charge in [0.1, 0.15) is 12.1 Å². The summed E-state index contributed by atoms with van der Waals surface area (Å²) in [5, 5.41) is -0.00756. The fourth-order valence-corrected chi connectivity index (χ4v) is 5.23. The molecule has 1 fully saturated rings. The number of nitrogens with one attached hydrogen (secondary N) is 1. The van der Waals surface area contributed by atoms with Crippen LogP contribution in [0.4, 0.5) is 5.95 Å². The van der Waals surface area contributed by atoms with Crippen LogP contribution in [0.2, 0.25) is 18.1 Å². The van der Waals surface area contributed by atoms with Crippen LogP contribution < -0.4 is 11.3 Å². The van der Waals surface area contributed by atoms with Gasteiger partial charge in [0.05, 0.1) is 12.4 Å². The molecule has 2 aromatic heterocycles. The van der Waals surface area contributed by atoms with E-state index in [0.717, 1.165) is 12.0 Å². The third kappa shape index (κ3) is 4.57. The molecule has 9 nitrogen and oxygen atoms in total. The number of hydrogen-bond donors (Lipinski definition) is 2. The van der Waals surface area contributed by atoms with E-state index in [1.54, 1.807) is 10.9 Å². The Labute approximate surface area is 200 Å². The predicted molar refractivity (Wildman–Crippen MR) is 137 cm³/mol. The summed E-state index contributed by atoms with van der Waals surface area (Å²) in [4.78, 5) is 28.5. The van der Waals surface area contributed by atoms with Crippen LogP contribution in [0.3, 0.4) is 0 Å². The average Bonchev–Trinajstić information content (AvgIpc) is 3.33. The van der Waals surface area contributed by atoms with E-state index in [9.17, 15) is 4.79 Å². The summed E-state index contributed by atoms with van der Waals surface area (Å²) in [5.74, 6) is 0.0322. The van der Waals surface area contributed by atoms with E-state index in [-0.39, 0.29) is 40.3 Å². The molecule has 1 aliphatic heterocycles. The number of rotatable bonds is 6. The third-order valence-electron chi connectivity index (χ3n) is 6.87. The molecule has 3 heterocycles. The smallest absolute Gasteiger partial charge is 0.280 e. The number of nitrogens with two attached hydrogens (primary N) is 1. The number of fused-ring (bicyclic) bond motifs is 1. The number of nitrogens with zero attached hydrogens (tertiary/aromatic N) is 4. The Hall–Kier alpha value is -2.82. The highest BCUT2D eigenvalue weighted by Gasteiger charge is 2.50. The summed E-state index contributed by atoms with van der Waals surface area (Å²) < 4.78 is 15.2. The quantitative estimate of drug-likeness (QED) is 0.406. The monoisotopic (exact) mass is 482 g/mol. The van der Waals surface area contributed by atoms with E-state index < -0.39 is 14.5 Å². The molecule has 3 aromatic rings. The molecule has 4 rings (SSSR count). The zero-order valence-electron chi connectivity index (χ0n) is 20.6. The van der Waals surface area contributed by atoms with Gasteiger partial charge in [-0.05, 0) is 30.1 Å². The molecular formula is C24H34N6O3Si. The van der Waals surface area contributed by atoms with Crippen molar-refractivity contribution in [2.24, 2.45) is 4.99 Å². The highest BCUT2D eigenvalue weighted by Crippen LogP contribution is 2.43. The molecular weight excluding hydrogens is 448 g/mol. The van der Waals surface area contributed by atoms with Crippen molar-refractivity contribution in [3.05, 3.63) is 52.6 Å². The molecule has 0 radical (unpaired) electrons. The minimum absolute atomic E-state index is 0.00756. The summed E-state index contributed by atoms with van der Waals surface area (Å²) in [7, 11) is -2.21. The summed E-state index contributed by atoms with van der Waals surface area (Å²) in [6.07, 6.45) is 3.12. The first-order valence-electron chi connectivity index (χ1n) is 11.7. The van der Waals surface area contributed by atoms with Gasteiger partial charge in [-0.15, -0.1) is 0 Å². The number of benzene rings is 1. The number of aromatic nitrogens is 4. The van der Waals surface area contributed by atoms with Crippen molar-refractivity contribution in [3.63, 3.8) is 0 Å². The third-order valence-corrected chi connectivity index (χ3v) is 11.3. The van der Waals surface area contributed by atoms with Crippen LogP contribution in [0.25, 0.3) is 11.2 Å². The second-order valence-corrected chi connectivity index (χ2v) is 15.0. The highest BCUT2D eigenvalue weighted by atomic mass is 28.4. The van der Waals surface area contributed by atoms with Gasteiger partial charge in [0.2, 0.25) is 5.95 Å². The molecule has 0 unspecified atom stereocenters. The maximum absolute atomic E-state index is 12.4. The van der Waals surface area contributed by atoms with Crippen molar-refractivity contribution in [2.75, 3.05) is 5.73 Å². The predicted octanol–water partition coefficient (Wildman–Crippen LogP) is 3.89. The molecule has 34 heavy (non-hydrogen) atoms. The number of nitrogen functional groups attached to an aromatic ring is 1. The van der Waals surface area contributed by atoms with Crippen LogP contribution in [0.1, 0.15) is 45.9 Å². The van der Waals surface area contributed by atoms with Gasteiger partial charge in [-0.3, -0.25) is 19.3 Å². The molecule has 10 heteroatoms. The minimum Gasteiger partial charge on any atom is -0.407 e. The van der Waals surface area contributed by atoms with E-state index in [4.69, 9.17) is 19.9 Å². The molecule has 3 N–H and O–H groups in total. The summed E-state index contributed by atoms with van der Waals surface area (Å²) in [6, 6.07) is 9.76. The Morgan fingerprint density at radius 1 is 1.29 bits per heavy atom. The number of anilines is 1. The van der Waals surface area contributed by atoms with E-state index in [1.807, 2.05) is 36.5 Å². The number of aromatic amines is 1. The fraction of sp³-hybridized carbons (Fsp3) is 0.500. The Bertz CT molecular complexity index is 1230. The Morgan fingerprint density at radius 3 is 2.65 bits per heavy atom. The van der Waals surface area contributed by atoms with Crippen molar-refractivity contribution < 1.29 is 9.16 Å². The maximum Gasteiger partial charge on any atom is 0.280 e. The normalized spacial score (nSPS) is 23.8. The summed E-state index contributed by atoms with van der Waals surface area (Å²) in [6.45, 7) is 13.1. The number of ether oxygens (including phenoxy) is 1. The van der Waals surface area contributed by atoms with Gasteiger partial charge in [0.15, 0.2) is 25.7 Å². The van der Waals surface area contributed by atoms with E-state index in [0.29, 0.717) is 5.65 Å². The van der Waals surface area contributed by atoms with E-state index >= 15 is 0 Å². The molecule has 4 atom stereocenters. The molecule has 0 amide bonds. The topological polar surface area (TPSA) is 120 Å². The average molecular weight is 483 g/mol. The summed E-state index contributed by atoms with van der Waals surface area (Å²) in [5.41, 5.74) is 7.06. The standard InChI is InChI=1S/C24H34N6O3Si/c1-7-16-17(26-13-15-11-9-8-10-12-15)19(33-34(5,6)24(2,3)4)22(32-16)30-14-27-18-20(30)28-23(25)29-21(18)31/h8-14,16-17,19,22H,7H2,1-6H3,(H3,25,28,29,31)/t16-,17-,19-,22-/m1/s1. The Morgan fingerprint density at radius 2 is 2.00 bits per heavy atom. The molecule has 182 valence electrons. The van der Waals surface area contributed by atoms with Gasteiger partial charge in [-0.25, -0.2) is 4.98 Å². The zero-order chi connectivity index (χ0) is 24.7. The van der Waals surface area contributed by atoms with Crippen LogP contribution in [0, 0.1) is 0 Å². The van der Waals surface area contributed by atoms with Gasteiger partial charge >= 0.3 is 0 Å². The molecule has 1 aromatic carbocycles. The van der Waals surface area contributed by atoms with E-state index in [2.05, 4.69) is 55.7 Å². The Kier molecular flexibility index (Phi) is 6.49. The lowest BCUT2D eigenvalue weighted by atomic mass is 10.1. The lowest BCUT2D eigenvalue weighted by Crippen LogP contribution is -2.48. The SMILES string of the molecule is CC[C@H]1O[C@@H](n2cnc3c(=O)[nH]c(N)nc32)[C@H](O[Si](C)(C)C(C)(C)C)[C@@H]1N=Cc1ccccc1. The van der Waals surface area contributed by atoms with Gasteiger partial charge < -0.3 is 14.9 Å². The number of H-pyrrole nitrogens is 1. The molecule has 1 aliphatic rings.